The summed E-state index contributed by atoms with van der Waals surface area (Å²) in [5.41, 5.74) is 5.04. The van der Waals surface area contributed by atoms with Crippen LogP contribution in [0, 0.1) is 5.41 Å². The van der Waals surface area contributed by atoms with E-state index in [0.717, 1.165) is 0 Å². The van der Waals surface area contributed by atoms with Gasteiger partial charge in [-0.15, -0.1) is 0 Å². The summed E-state index contributed by atoms with van der Waals surface area (Å²) in [6.45, 7) is -0.231. The summed E-state index contributed by atoms with van der Waals surface area (Å²) in [7, 11) is 0. The first kappa shape index (κ1) is 9.74. The van der Waals surface area contributed by atoms with Crippen molar-refractivity contribution in [2.45, 2.75) is 6.10 Å². The Labute approximate surface area is 63.9 Å². The maximum atomic E-state index is 8.79. The van der Waals surface area contributed by atoms with Crippen LogP contribution in [0.15, 0.2) is 0 Å². The van der Waals surface area contributed by atoms with Gasteiger partial charge in [0.15, 0.2) is 0 Å². The largest absolute Gasteiger partial charge is 0.394 e. The Kier molecular flexibility index (Phi) is 5.38. The van der Waals surface area contributed by atoms with Gasteiger partial charge >= 0.3 is 0 Å². The van der Waals surface area contributed by atoms with Crippen LogP contribution in [0.1, 0.15) is 0 Å². The molecule has 0 aromatic carbocycles. The number of aliphatic hydroxyl groups is 2. The Morgan fingerprint density at radius 1 is 1.70 bits per heavy atom. The van der Waals surface area contributed by atoms with E-state index in [1.165, 1.54) is 11.8 Å². The van der Waals surface area contributed by atoms with Crippen molar-refractivity contribution >= 4 is 17.6 Å². The van der Waals surface area contributed by atoms with Gasteiger partial charge in [0, 0.05) is 5.75 Å². The second-order valence-corrected chi connectivity index (χ2v) is 2.91. The van der Waals surface area contributed by atoms with Gasteiger partial charge in [-0.1, -0.05) is 0 Å². The Hall–Kier alpha value is -0.260. The smallest absolute Gasteiger partial charge is 0.101 e. The number of nitrogens with one attached hydrogen (secondary N) is 1. The second kappa shape index (κ2) is 5.52. The predicted octanol–water partition coefficient (Wildman–Crippen LogP) is -0.991. The molecule has 1 atom stereocenters. The summed E-state index contributed by atoms with van der Waals surface area (Å²) >= 11 is 1.33. The van der Waals surface area contributed by atoms with Crippen molar-refractivity contribution in [3.8, 4) is 0 Å². The molecule has 0 aliphatic heterocycles. The Balaban J connectivity index is 3.11. The topological polar surface area (TPSA) is 90.3 Å². The molecule has 0 heterocycles. The van der Waals surface area contributed by atoms with E-state index in [2.05, 4.69) is 0 Å². The van der Waals surface area contributed by atoms with E-state index in [-0.39, 0.29) is 12.4 Å². The van der Waals surface area contributed by atoms with Crippen LogP contribution in [0.4, 0.5) is 0 Å². The monoisotopic (exact) mass is 164 g/mol. The van der Waals surface area contributed by atoms with Crippen molar-refractivity contribution in [2.24, 2.45) is 5.73 Å². The molecule has 5 N–H and O–H groups in total. The molecule has 5 heteroatoms. The fraction of sp³-hybridized carbons (Fsp3) is 0.800. The van der Waals surface area contributed by atoms with Crippen LogP contribution >= 0.6 is 11.8 Å². The lowest BCUT2D eigenvalue weighted by atomic mass is 10.4. The van der Waals surface area contributed by atoms with E-state index in [1.54, 1.807) is 0 Å². The van der Waals surface area contributed by atoms with Crippen LogP contribution in [-0.2, 0) is 0 Å². The highest BCUT2D eigenvalue weighted by molar-refractivity contribution is 8.00. The van der Waals surface area contributed by atoms with Gasteiger partial charge in [0.25, 0.3) is 0 Å². The minimum absolute atomic E-state index is 0.0927. The molecule has 10 heavy (non-hydrogen) atoms. The fourth-order valence-electron chi connectivity index (χ4n) is 0.358. The van der Waals surface area contributed by atoms with Crippen molar-refractivity contribution in [1.29, 1.82) is 5.41 Å². The van der Waals surface area contributed by atoms with Crippen LogP contribution in [0.25, 0.3) is 0 Å². The first-order valence-corrected chi connectivity index (χ1v) is 4.02. The summed E-state index contributed by atoms with van der Waals surface area (Å²) in [4.78, 5) is 0. The summed E-state index contributed by atoms with van der Waals surface area (Å²) in [6.07, 6.45) is -0.690. The molecular weight excluding hydrogens is 152 g/mol. The maximum absolute atomic E-state index is 8.79. The van der Waals surface area contributed by atoms with Gasteiger partial charge in [-0.2, -0.15) is 11.8 Å². The number of hydrogen-bond donors (Lipinski definition) is 4. The van der Waals surface area contributed by atoms with Crippen LogP contribution in [-0.4, -0.2) is 40.3 Å². The quantitative estimate of drug-likeness (QED) is 0.310. The number of thioether (sulfide) groups is 1. The van der Waals surface area contributed by atoms with Crippen LogP contribution in [0.3, 0.4) is 0 Å². The number of rotatable bonds is 5. The van der Waals surface area contributed by atoms with Crippen molar-refractivity contribution in [3.63, 3.8) is 0 Å². The average molecular weight is 164 g/mol. The molecule has 0 spiro atoms. The van der Waals surface area contributed by atoms with E-state index < -0.39 is 6.10 Å². The number of hydrogen-bond acceptors (Lipinski definition) is 4. The molecular formula is C5H12N2O2S. The number of amidine groups is 1. The van der Waals surface area contributed by atoms with Gasteiger partial charge in [0.05, 0.1) is 18.5 Å². The standard InChI is InChI=1S/C5H12N2O2S/c6-5(7)3-10-2-4(9)1-8/h4,8-9H,1-3H2,(H3,6,7). The number of nitrogens with two attached hydrogens (primary N) is 1. The molecule has 0 amide bonds. The first-order valence-electron chi connectivity index (χ1n) is 2.86. The lowest BCUT2D eigenvalue weighted by molar-refractivity contribution is 0.113. The lowest BCUT2D eigenvalue weighted by Gasteiger charge is -2.04. The highest BCUT2D eigenvalue weighted by atomic mass is 32.2. The van der Waals surface area contributed by atoms with Crippen molar-refractivity contribution in [2.75, 3.05) is 18.1 Å². The van der Waals surface area contributed by atoms with E-state index in [1.807, 2.05) is 0 Å². The van der Waals surface area contributed by atoms with E-state index >= 15 is 0 Å². The van der Waals surface area contributed by atoms with Crippen molar-refractivity contribution in [3.05, 3.63) is 0 Å². The predicted molar refractivity (Wildman–Crippen MR) is 42.3 cm³/mol. The molecule has 60 valence electrons. The Bertz CT molecular complexity index is 110. The molecule has 4 nitrogen and oxygen atoms in total. The molecule has 0 fully saturated rings. The van der Waals surface area contributed by atoms with Crippen LogP contribution in [0.2, 0.25) is 0 Å². The summed E-state index contributed by atoms with van der Waals surface area (Å²) in [6, 6.07) is 0. The average Bonchev–Trinajstić information content (AvgIpc) is 1.87. The maximum Gasteiger partial charge on any atom is 0.101 e. The minimum Gasteiger partial charge on any atom is -0.394 e. The molecule has 0 aromatic rings. The van der Waals surface area contributed by atoms with Crippen LogP contribution in [0.5, 0.6) is 0 Å². The fourth-order valence-corrected chi connectivity index (χ4v) is 1.07. The highest BCUT2D eigenvalue weighted by Crippen LogP contribution is 2.00. The van der Waals surface area contributed by atoms with Gasteiger partial charge in [-0.05, 0) is 0 Å². The zero-order valence-corrected chi connectivity index (χ0v) is 6.40. The van der Waals surface area contributed by atoms with Gasteiger partial charge in [-0.25, -0.2) is 0 Å². The minimum atomic E-state index is -0.690. The molecule has 0 saturated carbocycles. The van der Waals surface area contributed by atoms with Gasteiger partial charge in [0.2, 0.25) is 0 Å². The summed E-state index contributed by atoms with van der Waals surface area (Å²) in [5, 5.41) is 23.9. The van der Waals surface area contributed by atoms with Gasteiger partial charge in [0.1, 0.15) is 5.84 Å². The molecule has 0 radical (unpaired) electrons. The Morgan fingerprint density at radius 2 is 2.30 bits per heavy atom. The van der Waals surface area contributed by atoms with Gasteiger partial charge < -0.3 is 15.9 Å². The first-order chi connectivity index (χ1) is 4.66. The summed E-state index contributed by atoms with van der Waals surface area (Å²) < 4.78 is 0. The van der Waals surface area contributed by atoms with Crippen molar-refractivity contribution < 1.29 is 10.2 Å². The Morgan fingerprint density at radius 3 is 2.70 bits per heavy atom. The third-order valence-corrected chi connectivity index (χ3v) is 1.91. The number of aliphatic hydroxyl groups excluding tert-OH is 2. The lowest BCUT2D eigenvalue weighted by Crippen LogP contribution is -2.18. The van der Waals surface area contributed by atoms with E-state index in [0.29, 0.717) is 11.5 Å². The third kappa shape index (κ3) is 5.87. The van der Waals surface area contributed by atoms with E-state index in [9.17, 15) is 0 Å². The second-order valence-electron chi connectivity index (χ2n) is 1.88. The molecule has 0 aromatic heterocycles. The normalized spacial score (nSPS) is 13.0. The summed E-state index contributed by atoms with van der Waals surface area (Å²) in [5.74, 6) is 0.933. The molecule has 1 unspecified atom stereocenters. The highest BCUT2D eigenvalue weighted by Gasteiger charge is 2.00. The molecule has 0 aliphatic rings. The zero-order valence-electron chi connectivity index (χ0n) is 5.58. The van der Waals surface area contributed by atoms with E-state index in [4.69, 9.17) is 21.4 Å². The van der Waals surface area contributed by atoms with Crippen LogP contribution < -0.4 is 5.73 Å². The SMILES string of the molecule is N=C(N)CSCC(O)CO. The van der Waals surface area contributed by atoms with Gasteiger partial charge in [-0.3, -0.25) is 5.41 Å². The molecule has 0 bridgehead atoms. The molecule has 0 rings (SSSR count). The molecule has 0 saturated heterocycles. The zero-order chi connectivity index (χ0) is 7.98. The van der Waals surface area contributed by atoms with Crippen molar-refractivity contribution in [1.82, 2.24) is 0 Å². The third-order valence-electron chi connectivity index (χ3n) is 0.779. The molecule has 0 aliphatic carbocycles.